The lowest BCUT2D eigenvalue weighted by Gasteiger charge is -2.47. The second-order valence-corrected chi connectivity index (χ2v) is 6.37. The number of nitrogens with two attached hydrogens (primary N) is 2. The van der Waals surface area contributed by atoms with Crippen LogP contribution in [0.3, 0.4) is 0 Å². The highest BCUT2D eigenvalue weighted by Crippen LogP contribution is 2.41. The molecule has 0 saturated heterocycles. The molecule has 3 rings (SSSR count). The lowest BCUT2D eigenvalue weighted by atomic mass is 9.81. The Morgan fingerprint density at radius 3 is 2.59 bits per heavy atom. The molecule has 2 aliphatic rings. The van der Waals surface area contributed by atoms with Crippen molar-refractivity contribution in [3.63, 3.8) is 0 Å². The molecule has 1 spiro atoms. The van der Waals surface area contributed by atoms with Gasteiger partial charge in [-0.05, 0) is 49.4 Å². The van der Waals surface area contributed by atoms with Crippen LogP contribution in [0.4, 0.5) is 5.69 Å². The van der Waals surface area contributed by atoms with Crippen LogP contribution < -0.4 is 16.4 Å². The summed E-state index contributed by atoms with van der Waals surface area (Å²) in [5, 5.41) is 0.695. The number of aliphatic imine (C=N–C) groups is 2. The van der Waals surface area contributed by atoms with Gasteiger partial charge < -0.3 is 11.5 Å². The highest BCUT2D eigenvalue weighted by atomic mass is 35.5. The normalized spacial score (nSPS) is 27.9. The number of rotatable bonds is 1. The molecule has 2 atom stereocenters. The molecule has 1 aliphatic carbocycles. The van der Waals surface area contributed by atoms with Crippen LogP contribution in [-0.4, -0.2) is 17.6 Å². The third-order valence-corrected chi connectivity index (χ3v) is 4.48. The summed E-state index contributed by atoms with van der Waals surface area (Å²) < 4.78 is 0. The first-order valence-corrected chi connectivity index (χ1v) is 7.63. The van der Waals surface area contributed by atoms with E-state index < -0.39 is 5.66 Å². The first-order valence-electron chi connectivity index (χ1n) is 7.25. The second kappa shape index (κ2) is 6.34. The van der Waals surface area contributed by atoms with Crippen molar-refractivity contribution in [3.05, 3.63) is 29.3 Å². The highest BCUT2D eigenvalue weighted by molar-refractivity contribution is 6.30. The minimum Gasteiger partial charge on any atom is -0.369 e. The topological polar surface area (TPSA) is 80.0 Å². The fourth-order valence-electron chi connectivity index (χ4n) is 3.43. The zero-order valence-corrected chi connectivity index (χ0v) is 14.1. The fourth-order valence-corrected chi connectivity index (χ4v) is 3.56. The van der Waals surface area contributed by atoms with Gasteiger partial charge in [-0.3, -0.25) is 4.90 Å². The van der Waals surface area contributed by atoms with Gasteiger partial charge in [0.05, 0.1) is 0 Å². The highest BCUT2D eigenvalue weighted by Gasteiger charge is 2.44. The van der Waals surface area contributed by atoms with Gasteiger partial charge in [0.2, 0.25) is 11.9 Å². The number of benzene rings is 1. The van der Waals surface area contributed by atoms with Gasteiger partial charge in [0, 0.05) is 10.7 Å². The summed E-state index contributed by atoms with van der Waals surface area (Å²) in [5.41, 5.74) is 12.6. The van der Waals surface area contributed by atoms with E-state index in [9.17, 15) is 0 Å². The standard InChI is InChI=1S/C15H20ClN5.ClH/c1-10-3-2-8-15(9-10)20-13(17)19-14(18)21(15)12-6-4-11(16)5-7-12;/h4-7,10H,2-3,8-9H2,1H3,(H4,17,18,19,20);1H. The first kappa shape index (κ1) is 16.9. The molecule has 1 aliphatic heterocycles. The quantitative estimate of drug-likeness (QED) is 0.823. The molecule has 22 heavy (non-hydrogen) atoms. The van der Waals surface area contributed by atoms with Crippen LogP contribution >= 0.6 is 24.0 Å². The predicted molar refractivity (Wildman–Crippen MR) is 94.8 cm³/mol. The van der Waals surface area contributed by atoms with E-state index in [-0.39, 0.29) is 18.4 Å². The Hall–Kier alpha value is -1.46. The Morgan fingerprint density at radius 1 is 1.27 bits per heavy atom. The van der Waals surface area contributed by atoms with Gasteiger partial charge in [-0.1, -0.05) is 24.9 Å². The first-order chi connectivity index (χ1) is 10.00. The van der Waals surface area contributed by atoms with Crippen LogP contribution in [0.15, 0.2) is 34.3 Å². The van der Waals surface area contributed by atoms with Gasteiger partial charge in [0.15, 0.2) is 0 Å². The zero-order chi connectivity index (χ0) is 15.0. The van der Waals surface area contributed by atoms with Crippen LogP contribution in [0, 0.1) is 5.92 Å². The van der Waals surface area contributed by atoms with Crippen molar-refractivity contribution < 1.29 is 0 Å². The van der Waals surface area contributed by atoms with Crippen molar-refractivity contribution in [3.8, 4) is 0 Å². The molecule has 4 N–H and O–H groups in total. The Kier molecular flexibility index (Phi) is 4.87. The summed E-state index contributed by atoms with van der Waals surface area (Å²) in [5.74, 6) is 1.25. The van der Waals surface area contributed by atoms with Crippen molar-refractivity contribution in [1.29, 1.82) is 0 Å². The molecule has 0 bridgehead atoms. The second-order valence-electron chi connectivity index (χ2n) is 5.94. The third-order valence-electron chi connectivity index (χ3n) is 4.23. The van der Waals surface area contributed by atoms with Crippen molar-refractivity contribution in [1.82, 2.24) is 0 Å². The molecule has 0 aromatic heterocycles. The Balaban J connectivity index is 0.00000176. The fraction of sp³-hybridized carbons (Fsp3) is 0.467. The maximum atomic E-state index is 6.17. The van der Waals surface area contributed by atoms with E-state index in [2.05, 4.69) is 16.9 Å². The number of guanidine groups is 2. The summed E-state index contributed by atoms with van der Waals surface area (Å²) in [4.78, 5) is 10.8. The van der Waals surface area contributed by atoms with E-state index >= 15 is 0 Å². The molecule has 5 nitrogen and oxygen atoms in total. The predicted octanol–water partition coefficient (Wildman–Crippen LogP) is 3.12. The Bertz CT molecular complexity index is 598. The van der Waals surface area contributed by atoms with Gasteiger partial charge in [-0.2, -0.15) is 4.99 Å². The molecule has 0 radical (unpaired) electrons. The average molecular weight is 342 g/mol. The summed E-state index contributed by atoms with van der Waals surface area (Å²) >= 11 is 5.98. The van der Waals surface area contributed by atoms with Crippen molar-refractivity contribution in [2.24, 2.45) is 27.4 Å². The van der Waals surface area contributed by atoms with Crippen molar-refractivity contribution in [2.75, 3.05) is 4.90 Å². The van der Waals surface area contributed by atoms with E-state index in [1.165, 1.54) is 6.42 Å². The smallest absolute Gasteiger partial charge is 0.220 e. The van der Waals surface area contributed by atoms with Crippen LogP contribution in [0.1, 0.15) is 32.6 Å². The summed E-state index contributed by atoms with van der Waals surface area (Å²) in [6.45, 7) is 2.24. The molecule has 120 valence electrons. The SMILES string of the molecule is CC1CCCC2(C1)N=C(N)N=C(N)N2c1ccc(Cl)cc1.Cl. The average Bonchev–Trinajstić information content (AvgIpc) is 2.39. The number of halogens is 2. The largest absolute Gasteiger partial charge is 0.369 e. The van der Waals surface area contributed by atoms with E-state index in [1.54, 1.807) is 0 Å². The molecule has 2 unspecified atom stereocenters. The van der Waals surface area contributed by atoms with Crippen LogP contribution in [0.25, 0.3) is 0 Å². The van der Waals surface area contributed by atoms with Gasteiger partial charge in [-0.25, -0.2) is 4.99 Å². The lowest BCUT2D eigenvalue weighted by molar-refractivity contribution is 0.244. The van der Waals surface area contributed by atoms with Gasteiger partial charge in [0.25, 0.3) is 0 Å². The summed E-state index contributed by atoms with van der Waals surface area (Å²) in [6.07, 6.45) is 4.17. The maximum absolute atomic E-state index is 6.17. The molecule has 7 heteroatoms. The maximum Gasteiger partial charge on any atom is 0.220 e. The van der Waals surface area contributed by atoms with Gasteiger partial charge in [-0.15, -0.1) is 12.4 Å². The molecule has 1 heterocycles. The van der Waals surface area contributed by atoms with E-state index in [4.69, 9.17) is 23.1 Å². The minimum absolute atomic E-state index is 0. The van der Waals surface area contributed by atoms with Crippen molar-refractivity contribution in [2.45, 2.75) is 38.3 Å². The zero-order valence-electron chi connectivity index (χ0n) is 12.5. The van der Waals surface area contributed by atoms with Crippen LogP contribution in [-0.2, 0) is 0 Å². The number of anilines is 1. The van der Waals surface area contributed by atoms with E-state index in [0.29, 0.717) is 16.9 Å². The Labute approximate surface area is 141 Å². The molecule has 1 saturated carbocycles. The molecular weight excluding hydrogens is 321 g/mol. The summed E-state index contributed by atoms with van der Waals surface area (Å²) in [7, 11) is 0. The van der Waals surface area contributed by atoms with E-state index in [0.717, 1.165) is 24.9 Å². The van der Waals surface area contributed by atoms with Gasteiger partial charge in [0.1, 0.15) is 5.66 Å². The third kappa shape index (κ3) is 3.01. The minimum atomic E-state index is -0.415. The summed E-state index contributed by atoms with van der Waals surface area (Å²) in [6, 6.07) is 7.60. The number of nitrogens with zero attached hydrogens (tertiary/aromatic N) is 3. The van der Waals surface area contributed by atoms with Crippen LogP contribution in [0.2, 0.25) is 5.02 Å². The Morgan fingerprint density at radius 2 is 1.95 bits per heavy atom. The van der Waals surface area contributed by atoms with Crippen LogP contribution in [0.5, 0.6) is 0 Å². The van der Waals surface area contributed by atoms with Gasteiger partial charge >= 0.3 is 0 Å². The lowest BCUT2D eigenvalue weighted by Crippen LogP contribution is -2.59. The molecule has 1 aromatic carbocycles. The molecular formula is C15H21Cl2N5. The number of hydrogen-bond donors (Lipinski definition) is 2. The monoisotopic (exact) mass is 341 g/mol. The van der Waals surface area contributed by atoms with E-state index in [1.807, 2.05) is 29.2 Å². The number of hydrogen-bond acceptors (Lipinski definition) is 5. The molecule has 0 amide bonds. The molecule has 1 aromatic rings. The molecule has 1 fully saturated rings. The van der Waals surface area contributed by atoms with Crippen molar-refractivity contribution >= 4 is 41.6 Å².